The van der Waals surface area contributed by atoms with Crippen molar-refractivity contribution >= 4 is 35.3 Å². The van der Waals surface area contributed by atoms with E-state index in [-0.39, 0.29) is 12.5 Å². The first-order chi connectivity index (χ1) is 12.6. The number of amides is 2. The second-order valence-corrected chi connectivity index (χ2v) is 6.33. The molecule has 7 heteroatoms. The number of anilines is 1. The van der Waals surface area contributed by atoms with Gasteiger partial charge in [0.25, 0.3) is 5.91 Å². The molecular weight excluding hydrogens is 354 g/mol. The third-order valence-corrected chi connectivity index (χ3v) is 4.52. The van der Waals surface area contributed by atoms with Crippen molar-refractivity contribution in [3.05, 3.63) is 58.1 Å². The first-order valence-corrected chi connectivity index (χ1v) is 8.52. The van der Waals surface area contributed by atoms with E-state index in [2.05, 4.69) is 15.8 Å². The van der Waals surface area contributed by atoms with E-state index in [9.17, 15) is 9.59 Å². The van der Waals surface area contributed by atoms with Gasteiger partial charge < -0.3 is 10.1 Å². The van der Waals surface area contributed by atoms with Gasteiger partial charge in [0.1, 0.15) is 5.75 Å². The third-order valence-electron chi connectivity index (χ3n) is 4.09. The lowest BCUT2D eigenvalue weighted by molar-refractivity contribution is -0.123. The largest absolute Gasteiger partial charge is 0.484 e. The molecule has 2 aromatic carbocycles. The van der Waals surface area contributed by atoms with Crippen LogP contribution >= 0.6 is 11.6 Å². The van der Waals surface area contributed by atoms with Crippen molar-refractivity contribution in [3.63, 3.8) is 0 Å². The first kappa shape index (κ1) is 17.9. The van der Waals surface area contributed by atoms with E-state index in [1.807, 2.05) is 25.1 Å². The molecule has 6 nitrogen and oxygen atoms in total. The number of nitrogens with one attached hydrogen (secondary N) is 2. The number of carbonyl (C=O) groups is 2. The van der Waals surface area contributed by atoms with Crippen LogP contribution in [-0.2, 0) is 16.0 Å². The zero-order valence-electron chi connectivity index (χ0n) is 14.2. The molecule has 0 atom stereocenters. The van der Waals surface area contributed by atoms with Crippen LogP contribution in [0.1, 0.15) is 23.1 Å². The number of halogens is 1. The molecule has 2 aromatic rings. The molecule has 1 aliphatic carbocycles. The third kappa shape index (κ3) is 4.21. The summed E-state index contributed by atoms with van der Waals surface area (Å²) in [5.74, 6) is 0.228. The van der Waals surface area contributed by atoms with Crippen LogP contribution in [0.3, 0.4) is 0 Å². The number of hydrazone groups is 1. The molecule has 0 fully saturated rings. The summed E-state index contributed by atoms with van der Waals surface area (Å²) >= 11 is 5.96. The van der Waals surface area contributed by atoms with Crippen LogP contribution < -0.4 is 15.5 Å². The topological polar surface area (TPSA) is 79.8 Å². The van der Waals surface area contributed by atoms with Crippen LogP contribution in [-0.4, -0.2) is 24.6 Å². The van der Waals surface area contributed by atoms with Crippen molar-refractivity contribution in [2.45, 2.75) is 19.8 Å². The number of hydrogen-bond donors (Lipinski definition) is 2. The van der Waals surface area contributed by atoms with Crippen molar-refractivity contribution in [1.29, 1.82) is 0 Å². The molecule has 0 radical (unpaired) electrons. The van der Waals surface area contributed by atoms with E-state index < -0.39 is 0 Å². The van der Waals surface area contributed by atoms with Crippen LogP contribution in [0, 0.1) is 6.92 Å². The molecule has 0 heterocycles. The lowest BCUT2D eigenvalue weighted by Crippen LogP contribution is -2.25. The molecule has 0 aliphatic heterocycles. The first-order valence-electron chi connectivity index (χ1n) is 8.14. The lowest BCUT2D eigenvalue weighted by atomic mass is 10.1. The Bertz CT molecular complexity index is 880. The summed E-state index contributed by atoms with van der Waals surface area (Å²) < 4.78 is 5.45. The van der Waals surface area contributed by atoms with E-state index in [4.69, 9.17) is 16.3 Å². The minimum Gasteiger partial charge on any atom is -0.484 e. The van der Waals surface area contributed by atoms with Gasteiger partial charge >= 0.3 is 0 Å². The summed E-state index contributed by atoms with van der Waals surface area (Å²) in [4.78, 5) is 22.6. The lowest BCUT2D eigenvalue weighted by Gasteiger charge is -2.07. The van der Waals surface area contributed by atoms with Crippen LogP contribution in [0.25, 0.3) is 0 Å². The summed E-state index contributed by atoms with van der Waals surface area (Å²) in [6.45, 7) is 1.73. The number of benzene rings is 2. The Morgan fingerprint density at radius 3 is 2.88 bits per heavy atom. The highest BCUT2D eigenvalue weighted by atomic mass is 35.5. The summed E-state index contributed by atoms with van der Waals surface area (Å²) in [6, 6.07) is 10.9. The van der Waals surface area contributed by atoms with Crippen molar-refractivity contribution < 1.29 is 14.3 Å². The molecular formula is C19H18ClN3O3. The van der Waals surface area contributed by atoms with Gasteiger partial charge in [0.05, 0.1) is 5.71 Å². The Morgan fingerprint density at radius 1 is 1.27 bits per heavy atom. The second kappa shape index (κ2) is 8.01. The number of aryl methyl sites for hydroxylation is 2. The van der Waals surface area contributed by atoms with Gasteiger partial charge in [0.2, 0.25) is 6.41 Å². The van der Waals surface area contributed by atoms with E-state index in [0.29, 0.717) is 22.9 Å². The normalized spacial score (nSPS) is 14.0. The van der Waals surface area contributed by atoms with Gasteiger partial charge in [-0.2, -0.15) is 5.10 Å². The van der Waals surface area contributed by atoms with Crippen molar-refractivity contribution in [2.75, 3.05) is 11.9 Å². The number of carbonyl (C=O) groups excluding carboxylic acids is 2. The van der Waals surface area contributed by atoms with E-state index in [1.165, 1.54) is 0 Å². The minimum absolute atomic E-state index is 0.141. The highest BCUT2D eigenvalue weighted by Gasteiger charge is 2.18. The maximum absolute atomic E-state index is 12.0. The molecule has 3 rings (SSSR count). The Kier molecular flexibility index (Phi) is 5.53. The summed E-state index contributed by atoms with van der Waals surface area (Å²) in [6.07, 6.45) is 2.22. The highest BCUT2D eigenvalue weighted by molar-refractivity contribution is 6.31. The average molecular weight is 372 g/mol. The van der Waals surface area contributed by atoms with Gasteiger partial charge in [-0.3, -0.25) is 9.59 Å². The number of fused-ring (bicyclic) bond motifs is 1. The Morgan fingerprint density at radius 2 is 2.12 bits per heavy atom. The molecule has 134 valence electrons. The maximum atomic E-state index is 12.0. The summed E-state index contributed by atoms with van der Waals surface area (Å²) in [7, 11) is 0. The van der Waals surface area contributed by atoms with Crippen molar-refractivity contribution in [2.24, 2.45) is 5.10 Å². The highest BCUT2D eigenvalue weighted by Crippen LogP contribution is 2.25. The van der Waals surface area contributed by atoms with Gasteiger partial charge in [0, 0.05) is 16.3 Å². The number of nitrogens with zero attached hydrogens (tertiary/aromatic N) is 1. The number of ether oxygens (including phenoxy) is 1. The fraction of sp³-hybridized carbons (Fsp3) is 0.211. The van der Waals surface area contributed by atoms with Gasteiger partial charge in [0.15, 0.2) is 6.61 Å². The number of rotatable bonds is 6. The fourth-order valence-electron chi connectivity index (χ4n) is 2.74. The molecule has 0 aromatic heterocycles. The predicted molar refractivity (Wildman–Crippen MR) is 101 cm³/mol. The standard InChI is InChI=1S/C19H18ClN3O3/c1-12-8-15(5-6-17(12)20)26-10-19(25)23-22-18-7-3-13-2-4-14(21-11-24)9-16(13)18/h2,4-6,8-9,11H,3,7,10H2,1H3,(H,21,24)(H,23,25)/b22-18+. The molecule has 26 heavy (non-hydrogen) atoms. The van der Waals surface area contributed by atoms with E-state index >= 15 is 0 Å². The molecule has 0 unspecified atom stereocenters. The van der Waals surface area contributed by atoms with Gasteiger partial charge in [-0.25, -0.2) is 5.43 Å². The summed E-state index contributed by atoms with van der Waals surface area (Å²) in [5.41, 5.74) is 6.96. The Labute approximate surface area is 156 Å². The maximum Gasteiger partial charge on any atom is 0.277 e. The zero-order valence-corrected chi connectivity index (χ0v) is 15.0. The predicted octanol–water partition coefficient (Wildman–Crippen LogP) is 3.06. The van der Waals surface area contributed by atoms with Crippen molar-refractivity contribution in [3.8, 4) is 5.75 Å². The zero-order chi connectivity index (χ0) is 18.5. The number of hydrogen-bond acceptors (Lipinski definition) is 4. The molecule has 0 saturated carbocycles. The van der Waals surface area contributed by atoms with Crippen LogP contribution in [0.4, 0.5) is 5.69 Å². The van der Waals surface area contributed by atoms with E-state index in [0.717, 1.165) is 35.2 Å². The van der Waals surface area contributed by atoms with Crippen molar-refractivity contribution in [1.82, 2.24) is 5.43 Å². The molecule has 2 N–H and O–H groups in total. The smallest absolute Gasteiger partial charge is 0.277 e. The molecule has 0 saturated heterocycles. The second-order valence-electron chi connectivity index (χ2n) is 5.93. The Balaban J connectivity index is 1.60. The molecule has 0 bridgehead atoms. The van der Waals surface area contributed by atoms with Gasteiger partial charge in [-0.05, 0) is 61.2 Å². The molecule has 2 amide bonds. The van der Waals surface area contributed by atoms with Crippen LogP contribution in [0.2, 0.25) is 5.02 Å². The molecule has 0 spiro atoms. The average Bonchev–Trinajstić information content (AvgIpc) is 3.03. The van der Waals surface area contributed by atoms with Gasteiger partial charge in [-0.1, -0.05) is 17.7 Å². The quantitative estimate of drug-likeness (QED) is 0.605. The molecule has 1 aliphatic rings. The van der Waals surface area contributed by atoms with Crippen LogP contribution in [0.5, 0.6) is 5.75 Å². The monoisotopic (exact) mass is 371 g/mol. The minimum atomic E-state index is -0.347. The summed E-state index contributed by atoms with van der Waals surface area (Å²) in [5, 5.41) is 7.48. The van der Waals surface area contributed by atoms with Gasteiger partial charge in [-0.15, -0.1) is 0 Å². The Hall–Kier alpha value is -2.86. The SMILES string of the molecule is Cc1cc(OCC(=O)N/N=C2\CCc3ccc(NC=O)cc32)ccc1Cl. The fourth-order valence-corrected chi connectivity index (χ4v) is 2.86. The van der Waals surface area contributed by atoms with E-state index in [1.54, 1.807) is 18.2 Å². The van der Waals surface area contributed by atoms with Crippen LogP contribution in [0.15, 0.2) is 41.5 Å².